The van der Waals surface area contributed by atoms with Gasteiger partial charge in [0.2, 0.25) is 0 Å². The summed E-state index contributed by atoms with van der Waals surface area (Å²) in [5.41, 5.74) is -4.75. The van der Waals surface area contributed by atoms with Gasteiger partial charge in [-0.05, 0) is 30.7 Å². The van der Waals surface area contributed by atoms with Gasteiger partial charge >= 0.3 is 6.18 Å². The van der Waals surface area contributed by atoms with E-state index >= 15 is 0 Å². The smallest absolute Gasteiger partial charge is 0.391 e. The van der Waals surface area contributed by atoms with E-state index in [-0.39, 0.29) is 34.9 Å². The van der Waals surface area contributed by atoms with Crippen molar-refractivity contribution < 1.29 is 27.1 Å². The Labute approximate surface area is 180 Å². The third-order valence-electron chi connectivity index (χ3n) is 4.46. The first-order chi connectivity index (χ1) is 15.0. The van der Waals surface area contributed by atoms with Crippen LogP contribution in [0.25, 0.3) is 11.5 Å². The van der Waals surface area contributed by atoms with Gasteiger partial charge < -0.3 is 15.7 Å². The fourth-order valence-electron chi connectivity index (χ4n) is 2.78. The number of nitrogens with zero attached hydrogens (tertiary/aromatic N) is 4. The van der Waals surface area contributed by atoms with Gasteiger partial charge in [0.1, 0.15) is 28.7 Å². The molecule has 32 heavy (non-hydrogen) atoms. The molecule has 0 saturated heterocycles. The van der Waals surface area contributed by atoms with Crippen LogP contribution >= 0.6 is 9.24 Å². The number of aliphatic hydroxyl groups excluding tert-OH is 1. The van der Waals surface area contributed by atoms with E-state index < -0.39 is 29.3 Å². The van der Waals surface area contributed by atoms with Crippen molar-refractivity contribution in [3.8, 4) is 11.5 Å². The van der Waals surface area contributed by atoms with Gasteiger partial charge in [-0.1, -0.05) is 15.3 Å². The molecular formula is C19H16F5N6OP. The largest absolute Gasteiger partial charge is 0.433 e. The van der Waals surface area contributed by atoms with E-state index in [1.54, 1.807) is 0 Å². The number of nitrogens with one attached hydrogen (secondary N) is 2. The van der Waals surface area contributed by atoms with Crippen molar-refractivity contribution in [3.05, 3.63) is 54.0 Å². The number of halogens is 5. The molecule has 3 atom stereocenters. The van der Waals surface area contributed by atoms with Crippen LogP contribution in [0.3, 0.4) is 0 Å². The molecule has 0 amide bonds. The van der Waals surface area contributed by atoms with E-state index in [4.69, 9.17) is 0 Å². The van der Waals surface area contributed by atoms with Crippen molar-refractivity contribution in [2.24, 2.45) is 0 Å². The van der Waals surface area contributed by atoms with Crippen LogP contribution in [0.4, 0.5) is 39.3 Å². The van der Waals surface area contributed by atoms with Gasteiger partial charge in [0.25, 0.3) is 5.66 Å². The molecule has 0 spiro atoms. The molecular weight excluding hydrogens is 454 g/mol. The summed E-state index contributed by atoms with van der Waals surface area (Å²) in [6.45, 7) is 0. The van der Waals surface area contributed by atoms with Crippen molar-refractivity contribution in [1.29, 1.82) is 0 Å². The Morgan fingerprint density at radius 1 is 0.969 bits per heavy atom. The highest BCUT2D eigenvalue weighted by Gasteiger charge is 2.36. The molecule has 0 aliphatic heterocycles. The van der Waals surface area contributed by atoms with Crippen molar-refractivity contribution in [3.63, 3.8) is 0 Å². The molecule has 0 radical (unpaired) electrons. The first-order valence-corrected chi connectivity index (χ1v) is 9.85. The minimum absolute atomic E-state index is 0.121. The van der Waals surface area contributed by atoms with Crippen LogP contribution in [0.15, 0.2) is 42.6 Å². The molecule has 3 aromatic rings. The van der Waals surface area contributed by atoms with Gasteiger partial charge in [-0.2, -0.15) is 22.0 Å². The number of alkyl halides is 5. The summed E-state index contributed by atoms with van der Waals surface area (Å²) in [5.74, 6) is 0.226. The van der Waals surface area contributed by atoms with Gasteiger partial charge in [0.05, 0.1) is 12.1 Å². The molecule has 0 aromatic carbocycles. The standard InChI is InChI=1S/C19H16F5N6OP/c20-18(21,22)13-3-1-2-10(27-13)17-29-15(8-16(30-17)28-11-7-12(11)31)26-9-4-5-25-14(6-9)19(23,24)32/h1-6,8,11-12,31H,7,32H2,(H2,25,26,28,29,30). The Bertz CT molecular complexity index is 1140. The summed E-state index contributed by atoms with van der Waals surface area (Å²) in [4.78, 5) is 15.6. The quantitative estimate of drug-likeness (QED) is 0.368. The van der Waals surface area contributed by atoms with Gasteiger partial charge in [0.15, 0.2) is 5.82 Å². The second-order valence-corrected chi connectivity index (χ2v) is 7.82. The third-order valence-corrected chi connectivity index (χ3v) is 4.75. The normalized spacial score (nSPS) is 18.3. The monoisotopic (exact) mass is 470 g/mol. The number of hydrogen-bond donors (Lipinski definition) is 3. The maximum Gasteiger partial charge on any atom is 0.433 e. The molecule has 3 unspecified atom stereocenters. The second-order valence-electron chi connectivity index (χ2n) is 7.10. The lowest BCUT2D eigenvalue weighted by atomic mass is 10.2. The molecule has 1 aliphatic carbocycles. The van der Waals surface area contributed by atoms with Crippen LogP contribution in [-0.4, -0.2) is 37.2 Å². The summed E-state index contributed by atoms with van der Waals surface area (Å²) in [6.07, 6.45) is -3.54. The lowest BCUT2D eigenvalue weighted by molar-refractivity contribution is -0.141. The molecule has 13 heteroatoms. The van der Waals surface area contributed by atoms with E-state index in [9.17, 15) is 27.1 Å². The van der Waals surface area contributed by atoms with E-state index in [0.29, 0.717) is 6.42 Å². The molecule has 3 aromatic heterocycles. The van der Waals surface area contributed by atoms with Crippen LogP contribution in [-0.2, 0) is 11.8 Å². The molecule has 3 heterocycles. The van der Waals surface area contributed by atoms with Crippen LogP contribution in [0.5, 0.6) is 0 Å². The highest BCUT2D eigenvalue weighted by molar-refractivity contribution is 7.17. The van der Waals surface area contributed by atoms with Crippen molar-refractivity contribution >= 4 is 26.6 Å². The summed E-state index contributed by atoms with van der Waals surface area (Å²) in [6, 6.07) is 7.07. The van der Waals surface area contributed by atoms with Crippen LogP contribution < -0.4 is 10.6 Å². The van der Waals surface area contributed by atoms with Gasteiger partial charge in [0, 0.05) is 18.0 Å². The van der Waals surface area contributed by atoms with Crippen molar-refractivity contribution in [1.82, 2.24) is 19.9 Å². The van der Waals surface area contributed by atoms with Crippen molar-refractivity contribution in [2.45, 2.75) is 30.4 Å². The minimum atomic E-state index is -4.65. The zero-order valence-corrected chi connectivity index (χ0v) is 17.3. The van der Waals surface area contributed by atoms with Gasteiger partial charge in [-0.25, -0.2) is 15.0 Å². The zero-order valence-electron chi connectivity index (χ0n) is 16.1. The molecule has 1 saturated carbocycles. The lowest BCUT2D eigenvalue weighted by Gasteiger charge is -2.14. The predicted octanol–water partition coefficient (Wildman–Crippen LogP) is 4.17. The summed E-state index contributed by atoms with van der Waals surface area (Å²) >= 11 is 0. The summed E-state index contributed by atoms with van der Waals surface area (Å²) in [7, 11) is 1.39. The van der Waals surface area contributed by atoms with Crippen LogP contribution in [0.1, 0.15) is 17.8 Å². The summed E-state index contributed by atoms with van der Waals surface area (Å²) in [5, 5.41) is 15.4. The average molecular weight is 470 g/mol. The summed E-state index contributed by atoms with van der Waals surface area (Å²) < 4.78 is 66.3. The average Bonchev–Trinajstić information content (AvgIpc) is 3.41. The minimum Gasteiger partial charge on any atom is -0.391 e. The predicted molar refractivity (Wildman–Crippen MR) is 109 cm³/mol. The molecule has 0 bridgehead atoms. The number of pyridine rings is 2. The zero-order chi connectivity index (χ0) is 23.1. The SMILES string of the molecule is OC1CC1Nc1cc(Nc2ccnc(C(F)(F)P)c2)nc(-c2cccc(C(F)(F)F)n2)n1. The fourth-order valence-corrected chi connectivity index (χ4v) is 2.94. The first-order valence-electron chi connectivity index (χ1n) is 9.27. The van der Waals surface area contributed by atoms with E-state index in [1.807, 2.05) is 0 Å². The van der Waals surface area contributed by atoms with E-state index in [0.717, 1.165) is 12.1 Å². The third kappa shape index (κ3) is 5.25. The molecule has 7 nitrogen and oxygen atoms in total. The Morgan fingerprint density at radius 3 is 2.34 bits per heavy atom. The van der Waals surface area contributed by atoms with Crippen LogP contribution in [0.2, 0.25) is 0 Å². The molecule has 1 aliphatic rings. The maximum atomic E-state index is 13.6. The highest BCUT2D eigenvalue weighted by Crippen LogP contribution is 2.35. The molecule has 4 rings (SSSR count). The topological polar surface area (TPSA) is 95.8 Å². The fraction of sp³-hybridized carbons (Fsp3) is 0.263. The highest BCUT2D eigenvalue weighted by atomic mass is 31.0. The van der Waals surface area contributed by atoms with Gasteiger partial charge in [-0.3, -0.25) is 4.98 Å². The molecule has 1 fully saturated rings. The second kappa shape index (κ2) is 8.18. The number of rotatable bonds is 6. The number of hydrogen-bond acceptors (Lipinski definition) is 7. The lowest BCUT2D eigenvalue weighted by Crippen LogP contribution is -2.11. The Balaban J connectivity index is 1.71. The van der Waals surface area contributed by atoms with Crippen molar-refractivity contribution in [2.75, 3.05) is 10.6 Å². The maximum absolute atomic E-state index is 13.6. The molecule has 168 valence electrons. The van der Waals surface area contributed by atoms with Gasteiger partial charge in [-0.15, -0.1) is 0 Å². The number of anilines is 3. The Morgan fingerprint density at radius 2 is 1.69 bits per heavy atom. The van der Waals surface area contributed by atoms with E-state index in [1.165, 1.54) is 39.7 Å². The Kier molecular flexibility index (Phi) is 5.68. The van der Waals surface area contributed by atoms with Crippen LogP contribution in [0, 0.1) is 0 Å². The number of aliphatic hydroxyl groups is 1. The number of aromatic nitrogens is 4. The first kappa shape index (κ1) is 22.2. The Hall–Kier alpha value is -2.98. The molecule has 3 N–H and O–H groups in total. The van der Waals surface area contributed by atoms with E-state index in [2.05, 4.69) is 30.6 Å².